The number of carbonyl (C=O) groups is 1. The van der Waals surface area contributed by atoms with Gasteiger partial charge < -0.3 is 10.2 Å². The summed E-state index contributed by atoms with van der Waals surface area (Å²) in [7, 11) is 1.46. The van der Waals surface area contributed by atoms with Crippen molar-refractivity contribution < 1.29 is 13.2 Å². The van der Waals surface area contributed by atoms with E-state index in [0.717, 1.165) is 29.3 Å². The average molecular weight is 388 g/mol. The summed E-state index contributed by atoms with van der Waals surface area (Å²) in [4.78, 5) is 14.8. The number of hydrogen-bond acceptors (Lipinski definition) is 4. The molecular weight excluding hydrogens is 362 g/mol. The molecule has 1 aliphatic heterocycles. The van der Waals surface area contributed by atoms with Crippen molar-refractivity contribution in [3.8, 4) is 0 Å². The van der Waals surface area contributed by atoms with E-state index < -0.39 is 10.0 Å². The lowest BCUT2D eigenvalue weighted by Crippen LogP contribution is -2.26. The van der Waals surface area contributed by atoms with Crippen molar-refractivity contribution in [1.29, 1.82) is 0 Å². The van der Waals surface area contributed by atoms with Crippen LogP contribution in [0.25, 0.3) is 0 Å². The molecule has 0 aromatic heterocycles. The molecule has 1 amide bonds. The highest BCUT2D eigenvalue weighted by Crippen LogP contribution is 2.26. The van der Waals surface area contributed by atoms with Gasteiger partial charge in [0.05, 0.1) is 4.90 Å². The third-order valence-electron chi connectivity index (χ3n) is 4.82. The Morgan fingerprint density at radius 2 is 1.96 bits per heavy atom. The third-order valence-corrected chi connectivity index (χ3v) is 6.63. The van der Waals surface area contributed by atoms with Gasteiger partial charge in [0.15, 0.2) is 0 Å². The fraction of sp³-hybridized carbons (Fsp3) is 0.350. The van der Waals surface area contributed by atoms with Crippen LogP contribution in [0.2, 0.25) is 0 Å². The van der Waals surface area contributed by atoms with E-state index in [0.29, 0.717) is 12.1 Å². The lowest BCUT2D eigenvalue weighted by atomic mass is 9.99. The average Bonchev–Trinajstić information content (AvgIpc) is 2.66. The molecule has 2 aromatic carbocycles. The number of aryl methyl sites for hydroxylation is 1. The molecule has 7 heteroatoms. The minimum absolute atomic E-state index is 0.108. The predicted octanol–water partition coefficient (Wildman–Crippen LogP) is 2.25. The Bertz CT molecular complexity index is 955. The smallest absolute Gasteiger partial charge is 0.251 e. The van der Waals surface area contributed by atoms with E-state index in [1.807, 2.05) is 6.07 Å². The number of hydrogen-bond donors (Lipinski definition) is 1. The van der Waals surface area contributed by atoms with E-state index in [-0.39, 0.29) is 10.8 Å². The number of nitrogens with zero attached hydrogens (tertiary/aromatic N) is 2. The zero-order chi connectivity index (χ0) is 19.6. The fourth-order valence-electron chi connectivity index (χ4n) is 3.24. The van der Waals surface area contributed by atoms with Crippen LogP contribution in [0.1, 0.15) is 27.9 Å². The maximum absolute atomic E-state index is 12.5. The molecule has 2 aromatic rings. The summed E-state index contributed by atoms with van der Waals surface area (Å²) in [5.41, 5.74) is 3.91. The largest absolute Gasteiger partial charge is 0.374 e. The lowest BCUT2D eigenvalue weighted by Gasteiger charge is -2.27. The number of benzene rings is 2. The van der Waals surface area contributed by atoms with Gasteiger partial charge in [-0.3, -0.25) is 4.79 Å². The summed E-state index contributed by atoms with van der Waals surface area (Å²) in [6, 6.07) is 12.4. The van der Waals surface area contributed by atoms with Crippen molar-refractivity contribution in [3.63, 3.8) is 0 Å². The molecule has 27 heavy (non-hydrogen) atoms. The molecule has 0 bridgehead atoms. The van der Waals surface area contributed by atoms with Crippen LogP contribution in [0.4, 0.5) is 5.69 Å². The standard InChI is InChI=1S/C20H25N3O3S/c1-22(2)27(25,26)18-8-4-6-17(13-18)20(24)21-14-15-9-10-19-16(12-15)7-5-11-23(19)3/h4,6,8-10,12-13H,5,7,11,14H2,1-3H3,(H,21,24). The molecule has 6 nitrogen and oxygen atoms in total. The number of nitrogens with one attached hydrogen (secondary N) is 1. The third kappa shape index (κ3) is 4.14. The van der Waals surface area contributed by atoms with Crippen LogP contribution in [0.3, 0.4) is 0 Å². The van der Waals surface area contributed by atoms with Crippen LogP contribution in [0.5, 0.6) is 0 Å². The van der Waals surface area contributed by atoms with E-state index in [4.69, 9.17) is 0 Å². The molecule has 0 fully saturated rings. The van der Waals surface area contributed by atoms with Crippen LogP contribution in [-0.2, 0) is 23.0 Å². The Kier molecular flexibility index (Phi) is 5.53. The second-order valence-electron chi connectivity index (χ2n) is 6.99. The number of fused-ring (bicyclic) bond motifs is 1. The normalized spacial score (nSPS) is 14.1. The Balaban J connectivity index is 1.72. The second-order valence-corrected chi connectivity index (χ2v) is 9.14. The van der Waals surface area contributed by atoms with Gasteiger partial charge in [-0.2, -0.15) is 0 Å². The number of sulfonamides is 1. The Morgan fingerprint density at radius 3 is 2.70 bits per heavy atom. The zero-order valence-electron chi connectivity index (χ0n) is 15.9. The van der Waals surface area contributed by atoms with Gasteiger partial charge in [0.2, 0.25) is 10.0 Å². The molecule has 1 N–H and O–H groups in total. The van der Waals surface area contributed by atoms with Gasteiger partial charge >= 0.3 is 0 Å². The fourth-order valence-corrected chi connectivity index (χ4v) is 4.19. The highest BCUT2D eigenvalue weighted by Gasteiger charge is 2.19. The van der Waals surface area contributed by atoms with E-state index >= 15 is 0 Å². The summed E-state index contributed by atoms with van der Waals surface area (Å²) < 4.78 is 25.6. The van der Waals surface area contributed by atoms with E-state index in [9.17, 15) is 13.2 Å². The zero-order valence-corrected chi connectivity index (χ0v) is 16.7. The minimum Gasteiger partial charge on any atom is -0.374 e. The van der Waals surface area contributed by atoms with Crippen molar-refractivity contribution in [3.05, 3.63) is 59.2 Å². The first-order valence-corrected chi connectivity index (χ1v) is 10.4. The molecule has 0 atom stereocenters. The van der Waals surface area contributed by atoms with E-state index in [2.05, 4.69) is 29.4 Å². The van der Waals surface area contributed by atoms with Crippen LogP contribution in [0, 0.1) is 0 Å². The number of carbonyl (C=O) groups excluding carboxylic acids is 1. The van der Waals surface area contributed by atoms with E-state index in [1.165, 1.54) is 37.5 Å². The van der Waals surface area contributed by atoms with Gasteiger partial charge in [-0.05, 0) is 48.2 Å². The Morgan fingerprint density at radius 1 is 1.19 bits per heavy atom. The summed E-state index contributed by atoms with van der Waals surface area (Å²) in [6.45, 7) is 1.47. The molecule has 0 spiro atoms. The SMILES string of the molecule is CN1CCCc2cc(CNC(=O)c3cccc(S(=O)(=O)N(C)C)c3)ccc21. The topological polar surface area (TPSA) is 69.7 Å². The quantitative estimate of drug-likeness (QED) is 0.854. The molecule has 144 valence electrons. The first-order valence-electron chi connectivity index (χ1n) is 8.93. The maximum Gasteiger partial charge on any atom is 0.251 e. The predicted molar refractivity (Wildman–Crippen MR) is 107 cm³/mol. The summed E-state index contributed by atoms with van der Waals surface area (Å²) in [5, 5.41) is 2.88. The minimum atomic E-state index is -3.57. The summed E-state index contributed by atoms with van der Waals surface area (Å²) in [5.74, 6) is -0.291. The number of amides is 1. The van der Waals surface area contributed by atoms with Crippen molar-refractivity contribution in [2.45, 2.75) is 24.3 Å². The van der Waals surface area contributed by atoms with Crippen molar-refractivity contribution in [1.82, 2.24) is 9.62 Å². The van der Waals surface area contributed by atoms with Crippen LogP contribution >= 0.6 is 0 Å². The molecule has 0 unspecified atom stereocenters. The molecule has 1 aliphatic rings. The monoisotopic (exact) mass is 387 g/mol. The summed E-state index contributed by atoms with van der Waals surface area (Å²) >= 11 is 0. The van der Waals surface area contributed by atoms with Crippen molar-refractivity contribution >= 4 is 21.6 Å². The van der Waals surface area contributed by atoms with E-state index in [1.54, 1.807) is 12.1 Å². The summed E-state index contributed by atoms with van der Waals surface area (Å²) in [6.07, 6.45) is 2.18. The van der Waals surface area contributed by atoms with Gasteiger partial charge in [-0.15, -0.1) is 0 Å². The first-order chi connectivity index (χ1) is 12.8. The van der Waals surface area contributed by atoms with Crippen LogP contribution < -0.4 is 10.2 Å². The molecule has 0 saturated heterocycles. The maximum atomic E-state index is 12.5. The number of rotatable bonds is 5. The molecule has 3 rings (SSSR count). The lowest BCUT2D eigenvalue weighted by molar-refractivity contribution is 0.0950. The van der Waals surface area contributed by atoms with Crippen molar-refractivity contribution in [2.75, 3.05) is 32.6 Å². The highest BCUT2D eigenvalue weighted by molar-refractivity contribution is 7.89. The second kappa shape index (κ2) is 7.70. The molecule has 1 heterocycles. The first kappa shape index (κ1) is 19.4. The van der Waals surface area contributed by atoms with Gasteiger partial charge in [0.25, 0.3) is 5.91 Å². The van der Waals surface area contributed by atoms with Gasteiger partial charge in [-0.25, -0.2) is 12.7 Å². The van der Waals surface area contributed by atoms with Crippen LogP contribution in [0.15, 0.2) is 47.4 Å². The molecular formula is C20H25N3O3S. The highest BCUT2D eigenvalue weighted by atomic mass is 32.2. The van der Waals surface area contributed by atoms with Crippen LogP contribution in [-0.4, -0.2) is 46.3 Å². The Hall–Kier alpha value is -2.38. The molecule has 0 radical (unpaired) electrons. The van der Waals surface area contributed by atoms with Crippen molar-refractivity contribution in [2.24, 2.45) is 0 Å². The van der Waals surface area contributed by atoms with Gasteiger partial charge in [0, 0.05) is 45.5 Å². The molecule has 0 aliphatic carbocycles. The Labute approximate surface area is 160 Å². The molecule has 0 saturated carbocycles. The van der Waals surface area contributed by atoms with Gasteiger partial charge in [0.1, 0.15) is 0 Å². The van der Waals surface area contributed by atoms with Gasteiger partial charge in [-0.1, -0.05) is 18.2 Å². The number of anilines is 1.